The maximum atomic E-state index is 12.4. The molecule has 0 atom stereocenters. The van der Waals surface area contributed by atoms with Crippen molar-refractivity contribution in [2.24, 2.45) is 0 Å². The van der Waals surface area contributed by atoms with Crippen LogP contribution in [0.5, 0.6) is 0 Å². The Morgan fingerprint density at radius 3 is 2.62 bits per heavy atom. The molecule has 0 spiro atoms. The Morgan fingerprint density at radius 2 is 2.15 bits per heavy atom. The second-order valence-electron chi connectivity index (χ2n) is 2.56. The van der Waals surface area contributed by atoms with Gasteiger partial charge in [0.2, 0.25) is 0 Å². The van der Waals surface area contributed by atoms with Gasteiger partial charge >= 0.3 is 6.18 Å². The standard InChI is InChI=1S/C7H8BrF3N2/c1-2-3-13-6(7(9,10)11)5(8)4-12-13/h4H,2-3H2,1H3. The van der Waals surface area contributed by atoms with E-state index in [1.165, 1.54) is 6.20 Å². The molecular weight excluding hydrogens is 249 g/mol. The number of rotatable bonds is 2. The molecule has 1 aromatic heterocycles. The lowest BCUT2D eigenvalue weighted by molar-refractivity contribution is -0.144. The second-order valence-corrected chi connectivity index (χ2v) is 3.42. The molecule has 6 heteroatoms. The first-order valence-corrected chi connectivity index (χ1v) is 4.54. The van der Waals surface area contributed by atoms with Gasteiger partial charge in [-0.3, -0.25) is 4.68 Å². The Morgan fingerprint density at radius 1 is 1.54 bits per heavy atom. The average Bonchev–Trinajstić information content (AvgIpc) is 2.31. The molecule has 1 aromatic rings. The fraction of sp³-hybridized carbons (Fsp3) is 0.571. The molecule has 0 bridgehead atoms. The molecular formula is C7H8BrF3N2. The Labute approximate surface area is 81.9 Å². The third kappa shape index (κ3) is 2.24. The van der Waals surface area contributed by atoms with Gasteiger partial charge in [0, 0.05) is 6.54 Å². The lowest BCUT2D eigenvalue weighted by Crippen LogP contribution is -2.15. The van der Waals surface area contributed by atoms with Gasteiger partial charge in [0.15, 0.2) is 5.69 Å². The Balaban J connectivity index is 3.09. The van der Waals surface area contributed by atoms with Crippen LogP contribution in [0.2, 0.25) is 0 Å². The fourth-order valence-corrected chi connectivity index (χ4v) is 1.55. The predicted octanol–water partition coefficient (Wildman–Crippen LogP) is 3.07. The third-order valence-electron chi connectivity index (χ3n) is 1.50. The van der Waals surface area contributed by atoms with Crippen molar-refractivity contribution in [3.63, 3.8) is 0 Å². The van der Waals surface area contributed by atoms with Crippen molar-refractivity contribution in [3.8, 4) is 0 Å². The van der Waals surface area contributed by atoms with Crippen LogP contribution in [0.3, 0.4) is 0 Å². The average molecular weight is 257 g/mol. The highest BCUT2D eigenvalue weighted by Crippen LogP contribution is 2.34. The number of hydrogen-bond donors (Lipinski definition) is 0. The monoisotopic (exact) mass is 256 g/mol. The highest BCUT2D eigenvalue weighted by atomic mass is 79.9. The summed E-state index contributed by atoms with van der Waals surface area (Å²) in [6.07, 6.45) is -2.56. The molecule has 74 valence electrons. The molecule has 0 N–H and O–H groups in total. The summed E-state index contributed by atoms with van der Waals surface area (Å²) in [5.41, 5.74) is -0.714. The molecule has 0 fully saturated rings. The van der Waals surface area contributed by atoms with Gasteiger partial charge in [-0.2, -0.15) is 18.3 Å². The largest absolute Gasteiger partial charge is 0.434 e. The molecule has 0 aliphatic rings. The van der Waals surface area contributed by atoms with Gasteiger partial charge in [-0.1, -0.05) is 6.92 Å². The molecule has 2 nitrogen and oxygen atoms in total. The SMILES string of the molecule is CCCn1ncc(Br)c1C(F)(F)F. The summed E-state index contributed by atoms with van der Waals surface area (Å²) in [4.78, 5) is 0. The van der Waals surface area contributed by atoms with Crippen LogP contribution >= 0.6 is 15.9 Å². The first-order chi connectivity index (χ1) is 5.96. The van der Waals surface area contributed by atoms with Gasteiger partial charge in [-0.25, -0.2) is 0 Å². The minimum Gasteiger partial charge on any atom is -0.259 e. The van der Waals surface area contributed by atoms with Crippen molar-refractivity contribution in [2.75, 3.05) is 0 Å². The summed E-state index contributed by atoms with van der Waals surface area (Å²) in [5, 5.41) is 3.62. The van der Waals surface area contributed by atoms with E-state index in [0.717, 1.165) is 4.68 Å². The summed E-state index contributed by atoms with van der Waals surface area (Å²) in [6.45, 7) is 2.08. The van der Waals surface area contributed by atoms with E-state index < -0.39 is 11.9 Å². The van der Waals surface area contributed by atoms with E-state index in [2.05, 4.69) is 21.0 Å². The van der Waals surface area contributed by atoms with Crippen LogP contribution in [0.25, 0.3) is 0 Å². The van der Waals surface area contributed by atoms with Crippen molar-refractivity contribution >= 4 is 15.9 Å². The number of aryl methyl sites for hydroxylation is 1. The molecule has 0 unspecified atom stereocenters. The lowest BCUT2D eigenvalue weighted by Gasteiger charge is -2.09. The zero-order valence-electron chi connectivity index (χ0n) is 6.90. The van der Waals surface area contributed by atoms with Crippen LogP contribution in [-0.4, -0.2) is 9.78 Å². The van der Waals surface area contributed by atoms with Crippen molar-refractivity contribution in [1.82, 2.24) is 9.78 Å². The van der Waals surface area contributed by atoms with Crippen LogP contribution in [0.15, 0.2) is 10.7 Å². The Kier molecular flexibility index (Phi) is 3.00. The van der Waals surface area contributed by atoms with Gasteiger partial charge in [0.1, 0.15) is 0 Å². The molecule has 0 aliphatic heterocycles. The van der Waals surface area contributed by atoms with Crippen LogP contribution < -0.4 is 0 Å². The third-order valence-corrected chi connectivity index (χ3v) is 2.08. The maximum Gasteiger partial charge on any atom is 0.434 e. The molecule has 1 rings (SSSR count). The summed E-state index contributed by atoms with van der Waals surface area (Å²) < 4.78 is 38.1. The molecule has 0 amide bonds. The van der Waals surface area contributed by atoms with Gasteiger partial charge in [-0.05, 0) is 22.4 Å². The zero-order valence-corrected chi connectivity index (χ0v) is 8.48. The first-order valence-electron chi connectivity index (χ1n) is 3.75. The van der Waals surface area contributed by atoms with Crippen LogP contribution in [-0.2, 0) is 12.7 Å². The number of nitrogens with zero attached hydrogens (tertiary/aromatic N) is 2. The van der Waals surface area contributed by atoms with E-state index in [0.29, 0.717) is 6.42 Å². The van der Waals surface area contributed by atoms with Crippen molar-refractivity contribution < 1.29 is 13.2 Å². The number of halogens is 4. The Hall–Kier alpha value is -0.520. The smallest absolute Gasteiger partial charge is 0.259 e. The molecule has 0 saturated heterocycles. The van der Waals surface area contributed by atoms with Gasteiger partial charge < -0.3 is 0 Å². The van der Waals surface area contributed by atoms with E-state index in [9.17, 15) is 13.2 Å². The summed E-state index contributed by atoms with van der Waals surface area (Å²) in [6, 6.07) is 0. The molecule has 0 radical (unpaired) electrons. The summed E-state index contributed by atoms with van der Waals surface area (Å²) >= 11 is 2.82. The summed E-state index contributed by atoms with van der Waals surface area (Å²) in [7, 11) is 0. The Bertz CT molecular complexity index is 292. The zero-order chi connectivity index (χ0) is 10.1. The van der Waals surface area contributed by atoms with E-state index in [4.69, 9.17) is 0 Å². The first kappa shape index (κ1) is 10.6. The number of hydrogen-bond acceptors (Lipinski definition) is 1. The molecule has 0 aliphatic carbocycles. The van der Waals surface area contributed by atoms with Crippen molar-refractivity contribution in [1.29, 1.82) is 0 Å². The second kappa shape index (κ2) is 3.69. The molecule has 13 heavy (non-hydrogen) atoms. The minimum atomic E-state index is -4.34. The quantitative estimate of drug-likeness (QED) is 0.796. The van der Waals surface area contributed by atoms with Gasteiger partial charge in [-0.15, -0.1) is 0 Å². The molecule has 0 aromatic carbocycles. The van der Waals surface area contributed by atoms with Crippen molar-refractivity contribution in [3.05, 3.63) is 16.4 Å². The topological polar surface area (TPSA) is 17.8 Å². The van der Waals surface area contributed by atoms with E-state index in [1.807, 2.05) is 0 Å². The predicted molar refractivity (Wildman–Crippen MR) is 45.2 cm³/mol. The maximum absolute atomic E-state index is 12.4. The van der Waals surface area contributed by atoms with Crippen LogP contribution in [0, 0.1) is 0 Å². The van der Waals surface area contributed by atoms with Gasteiger partial charge in [0.25, 0.3) is 0 Å². The molecule has 0 saturated carbocycles. The normalized spacial score (nSPS) is 12.1. The van der Waals surface area contributed by atoms with E-state index in [-0.39, 0.29) is 11.0 Å². The number of aromatic nitrogens is 2. The number of alkyl halides is 3. The highest BCUT2D eigenvalue weighted by Gasteiger charge is 2.37. The fourth-order valence-electron chi connectivity index (χ4n) is 1.03. The highest BCUT2D eigenvalue weighted by molar-refractivity contribution is 9.10. The minimum absolute atomic E-state index is 0.00606. The van der Waals surface area contributed by atoms with Crippen LogP contribution in [0.1, 0.15) is 19.0 Å². The summed E-state index contributed by atoms with van der Waals surface area (Å²) in [5.74, 6) is 0. The van der Waals surface area contributed by atoms with E-state index >= 15 is 0 Å². The van der Waals surface area contributed by atoms with Crippen molar-refractivity contribution in [2.45, 2.75) is 26.1 Å². The van der Waals surface area contributed by atoms with Gasteiger partial charge in [0.05, 0.1) is 10.7 Å². The molecule has 1 heterocycles. The van der Waals surface area contributed by atoms with Crippen LogP contribution in [0.4, 0.5) is 13.2 Å². The van der Waals surface area contributed by atoms with E-state index in [1.54, 1.807) is 6.92 Å². The lowest BCUT2D eigenvalue weighted by atomic mass is 10.4.